The van der Waals surface area contributed by atoms with E-state index in [0.29, 0.717) is 22.8 Å². The van der Waals surface area contributed by atoms with Gasteiger partial charge in [0.25, 0.3) is 0 Å². The van der Waals surface area contributed by atoms with E-state index >= 15 is 0 Å². The molecule has 12 heteroatoms. The Morgan fingerprint density at radius 2 is 1.46 bits per heavy atom. The molecule has 0 saturated carbocycles. The van der Waals surface area contributed by atoms with E-state index in [-0.39, 0.29) is 23.7 Å². The van der Waals surface area contributed by atoms with Crippen molar-refractivity contribution < 1.29 is 38.6 Å². The Hall–Kier alpha value is -4.13. The van der Waals surface area contributed by atoms with E-state index in [0.717, 1.165) is 23.6 Å². The zero-order valence-corrected chi connectivity index (χ0v) is 22.8. The first-order valence-electron chi connectivity index (χ1n) is 12.1. The third kappa shape index (κ3) is 6.29. The first kappa shape index (κ1) is 28.4. The van der Waals surface area contributed by atoms with Gasteiger partial charge in [0.15, 0.2) is 0 Å². The maximum atomic E-state index is 13.9. The molecule has 0 aliphatic heterocycles. The van der Waals surface area contributed by atoms with E-state index in [2.05, 4.69) is 0 Å². The topological polar surface area (TPSA) is 93.9 Å². The summed E-state index contributed by atoms with van der Waals surface area (Å²) < 4.78 is 104. The summed E-state index contributed by atoms with van der Waals surface area (Å²) >= 11 is 0. The molecule has 0 unspecified atom stereocenters. The Morgan fingerprint density at radius 1 is 0.756 bits per heavy atom. The van der Waals surface area contributed by atoms with Crippen molar-refractivity contribution in [2.24, 2.45) is 0 Å². The number of nitrogens with zero attached hydrogens (tertiary/aromatic N) is 1. The van der Waals surface area contributed by atoms with Crippen molar-refractivity contribution in [2.75, 3.05) is 0 Å². The fourth-order valence-corrected chi connectivity index (χ4v) is 6.80. The smallest absolute Gasteiger partial charge is 0.416 e. The number of hydrogen-bond acceptors (Lipinski definition) is 6. The summed E-state index contributed by atoms with van der Waals surface area (Å²) in [4.78, 5) is -0.531. The highest BCUT2D eigenvalue weighted by atomic mass is 32.2. The molecule has 1 heterocycles. The van der Waals surface area contributed by atoms with Crippen LogP contribution in [-0.4, -0.2) is 21.1 Å². The summed E-state index contributed by atoms with van der Waals surface area (Å²) in [7, 11) is -8.60. The Labute approximate surface area is 234 Å². The van der Waals surface area contributed by atoms with Crippen LogP contribution in [0.15, 0.2) is 124 Å². The van der Waals surface area contributed by atoms with Gasteiger partial charge in [-0.15, -0.1) is 0 Å². The highest BCUT2D eigenvalue weighted by Crippen LogP contribution is 2.32. The van der Waals surface area contributed by atoms with Gasteiger partial charge in [-0.05, 0) is 59.5 Å². The summed E-state index contributed by atoms with van der Waals surface area (Å²) in [5.74, 6) is 0.265. The Morgan fingerprint density at radius 3 is 2.17 bits per heavy atom. The number of rotatable bonds is 9. The van der Waals surface area contributed by atoms with Crippen molar-refractivity contribution in [1.29, 1.82) is 0 Å². The Bertz CT molecular complexity index is 1880. The molecule has 0 fully saturated rings. The number of furan rings is 1. The van der Waals surface area contributed by atoms with Crippen molar-refractivity contribution in [3.8, 4) is 5.75 Å². The molecule has 0 N–H and O–H groups in total. The van der Waals surface area contributed by atoms with Gasteiger partial charge in [-0.1, -0.05) is 54.6 Å². The minimum Gasteiger partial charge on any atom is -0.468 e. The molecule has 0 spiro atoms. The van der Waals surface area contributed by atoms with E-state index in [1.807, 2.05) is 18.2 Å². The zero-order valence-electron chi connectivity index (χ0n) is 21.2. The van der Waals surface area contributed by atoms with Crippen molar-refractivity contribution in [3.63, 3.8) is 0 Å². The molecule has 0 bridgehead atoms. The average Bonchev–Trinajstić information content (AvgIpc) is 3.46. The number of alkyl halides is 3. The van der Waals surface area contributed by atoms with Crippen LogP contribution in [0, 0.1) is 0 Å². The van der Waals surface area contributed by atoms with Gasteiger partial charge in [-0.2, -0.15) is 25.9 Å². The fraction of sp³-hybridized carbons (Fsp3) is 0.103. The largest absolute Gasteiger partial charge is 0.468 e. The Balaban J connectivity index is 1.41. The molecule has 0 radical (unpaired) electrons. The summed E-state index contributed by atoms with van der Waals surface area (Å²) in [6, 6.07) is 24.2. The van der Waals surface area contributed by atoms with Crippen LogP contribution in [0.3, 0.4) is 0 Å². The monoisotopic (exact) mass is 601 g/mol. The molecule has 5 aromatic rings. The zero-order chi connectivity index (χ0) is 29.3. The van der Waals surface area contributed by atoms with E-state index in [1.165, 1.54) is 40.9 Å². The molecule has 0 amide bonds. The molecule has 1 aromatic heterocycles. The van der Waals surface area contributed by atoms with E-state index in [4.69, 9.17) is 8.60 Å². The lowest BCUT2D eigenvalue weighted by Gasteiger charge is -2.22. The lowest BCUT2D eigenvalue weighted by Crippen LogP contribution is -2.30. The van der Waals surface area contributed by atoms with Crippen LogP contribution in [0.1, 0.15) is 16.9 Å². The summed E-state index contributed by atoms with van der Waals surface area (Å²) in [5, 5.41) is 1.32. The van der Waals surface area contributed by atoms with Crippen LogP contribution in [0.25, 0.3) is 10.8 Å². The number of fused-ring (bicyclic) bond motifs is 1. The summed E-state index contributed by atoms with van der Waals surface area (Å²) in [5.41, 5.74) is -0.620. The van der Waals surface area contributed by atoms with Crippen LogP contribution in [0.4, 0.5) is 13.2 Å². The number of hydrogen-bond donors (Lipinski definition) is 0. The van der Waals surface area contributed by atoms with Crippen LogP contribution in [0.5, 0.6) is 5.75 Å². The summed E-state index contributed by atoms with van der Waals surface area (Å²) in [6.07, 6.45) is -3.28. The van der Waals surface area contributed by atoms with E-state index < -0.39 is 36.8 Å². The molecule has 41 heavy (non-hydrogen) atoms. The third-order valence-electron chi connectivity index (χ3n) is 6.22. The van der Waals surface area contributed by atoms with Gasteiger partial charge in [0.2, 0.25) is 10.0 Å². The SMILES string of the molecule is O=S(=O)(Oc1ccc(CN(Cc2ccco2)S(=O)(=O)c2cccc3ccccc23)cc1)c1cccc(C(F)(F)F)c1. The predicted octanol–water partition coefficient (Wildman–Crippen LogP) is 6.61. The first-order chi connectivity index (χ1) is 19.4. The van der Waals surface area contributed by atoms with Crippen LogP contribution < -0.4 is 4.18 Å². The van der Waals surface area contributed by atoms with Gasteiger partial charge >= 0.3 is 16.3 Å². The predicted molar refractivity (Wildman–Crippen MR) is 145 cm³/mol. The second kappa shape index (κ2) is 11.0. The Kier molecular flexibility index (Phi) is 7.64. The third-order valence-corrected chi connectivity index (χ3v) is 9.31. The van der Waals surface area contributed by atoms with Crippen molar-refractivity contribution in [3.05, 3.63) is 126 Å². The minimum absolute atomic E-state index is 0.0687. The second-order valence-electron chi connectivity index (χ2n) is 9.04. The minimum atomic E-state index is -4.72. The lowest BCUT2D eigenvalue weighted by molar-refractivity contribution is -0.137. The van der Waals surface area contributed by atoms with Crippen LogP contribution in [0.2, 0.25) is 0 Å². The first-order valence-corrected chi connectivity index (χ1v) is 15.0. The van der Waals surface area contributed by atoms with Crippen molar-refractivity contribution in [1.82, 2.24) is 4.31 Å². The summed E-state index contributed by atoms with van der Waals surface area (Å²) in [6.45, 7) is -0.159. The molecule has 212 valence electrons. The molecule has 0 saturated heterocycles. The molecule has 5 rings (SSSR count). The average molecular weight is 602 g/mol. The molecule has 4 aromatic carbocycles. The normalized spacial score (nSPS) is 12.6. The lowest BCUT2D eigenvalue weighted by atomic mass is 10.1. The second-order valence-corrected chi connectivity index (χ2v) is 12.5. The van der Waals surface area contributed by atoms with Crippen molar-refractivity contribution >= 4 is 30.9 Å². The van der Waals surface area contributed by atoms with E-state index in [1.54, 1.807) is 30.3 Å². The van der Waals surface area contributed by atoms with Gasteiger partial charge in [0.1, 0.15) is 16.4 Å². The standard InChI is InChI=1S/C29H22F3NO6S2/c30-29(31,32)23-8-4-10-26(18-23)41(36,37)39-24-15-13-21(14-16-24)19-33(20-25-9-5-17-38-25)40(34,35)28-12-3-7-22-6-1-2-11-27(22)28/h1-18H,19-20H2. The molecule has 0 atom stereocenters. The molecule has 7 nitrogen and oxygen atoms in total. The molecule has 0 aliphatic rings. The maximum absolute atomic E-state index is 13.9. The van der Waals surface area contributed by atoms with Gasteiger partial charge in [0, 0.05) is 11.9 Å². The van der Waals surface area contributed by atoms with Crippen LogP contribution in [-0.2, 0) is 39.4 Å². The number of halogens is 3. The molecular formula is C29H22F3NO6S2. The molecular weight excluding hydrogens is 579 g/mol. The quantitative estimate of drug-likeness (QED) is 0.177. The van der Waals surface area contributed by atoms with Gasteiger partial charge < -0.3 is 8.60 Å². The maximum Gasteiger partial charge on any atom is 0.416 e. The number of sulfonamides is 1. The van der Waals surface area contributed by atoms with Gasteiger partial charge in [0.05, 0.1) is 23.3 Å². The highest BCUT2D eigenvalue weighted by molar-refractivity contribution is 7.89. The van der Waals surface area contributed by atoms with Gasteiger partial charge in [-0.25, -0.2) is 8.42 Å². The molecule has 0 aliphatic carbocycles. The van der Waals surface area contributed by atoms with Crippen LogP contribution >= 0.6 is 0 Å². The van der Waals surface area contributed by atoms with E-state index in [9.17, 15) is 30.0 Å². The number of benzene rings is 4. The highest BCUT2D eigenvalue weighted by Gasteiger charge is 2.32. The van der Waals surface area contributed by atoms with Crippen molar-refractivity contribution in [2.45, 2.75) is 29.1 Å². The van der Waals surface area contributed by atoms with Gasteiger partial charge in [-0.3, -0.25) is 0 Å². The fourth-order valence-electron chi connectivity index (χ4n) is 4.22.